The summed E-state index contributed by atoms with van der Waals surface area (Å²) in [5, 5.41) is 0. The zero-order valence-electron chi connectivity index (χ0n) is 8.02. The third-order valence-electron chi connectivity index (χ3n) is 2.32. The van der Waals surface area contributed by atoms with Gasteiger partial charge in [0.1, 0.15) is 11.9 Å². The summed E-state index contributed by atoms with van der Waals surface area (Å²) < 4.78 is 29.1. The molecule has 0 aromatic heterocycles. The second kappa shape index (κ2) is 4.29. The quantitative estimate of drug-likeness (QED) is 0.773. The summed E-state index contributed by atoms with van der Waals surface area (Å²) in [6.07, 6.45) is 0.429. The molecule has 1 heterocycles. The Bertz CT molecular complexity index is 455. The fraction of sp³-hybridized carbons (Fsp3) is 0.400. The van der Waals surface area contributed by atoms with Crippen LogP contribution in [-0.2, 0) is 9.84 Å². The van der Waals surface area contributed by atoms with Crippen LogP contribution in [-0.4, -0.2) is 26.0 Å². The van der Waals surface area contributed by atoms with Crippen LogP contribution in [0.2, 0.25) is 0 Å². The summed E-state index contributed by atoms with van der Waals surface area (Å²) in [5.74, 6) is 1.18. The van der Waals surface area contributed by atoms with Gasteiger partial charge in [-0.15, -0.1) is 0 Å². The Labute approximate surface area is 103 Å². The van der Waals surface area contributed by atoms with E-state index >= 15 is 0 Å². The predicted molar refractivity (Wildman–Crippen MR) is 66.8 cm³/mol. The molecule has 15 heavy (non-hydrogen) atoms. The third-order valence-corrected chi connectivity index (χ3v) is 4.95. The normalized spacial score (nSPS) is 23.9. The lowest BCUT2D eigenvalue weighted by Gasteiger charge is -2.12. The molecule has 0 aliphatic carbocycles. The van der Waals surface area contributed by atoms with Crippen molar-refractivity contribution in [1.82, 2.24) is 0 Å². The molecule has 2 rings (SSSR count). The van der Waals surface area contributed by atoms with Crippen LogP contribution in [0.15, 0.2) is 24.3 Å². The molecule has 1 fully saturated rings. The molecule has 1 unspecified atom stereocenters. The van der Waals surface area contributed by atoms with Gasteiger partial charge in [-0.1, -0.05) is 12.1 Å². The van der Waals surface area contributed by atoms with Crippen LogP contribution >= 0.6 is 22.6 Å². The molecular weight excluding hydrogens is 327 g/mol. The molecule has 1 atom stereocenters. The van der Waals surface area contributed by atoms with Crippen LogP contribution in [0.5, 0.6) is 5.75 Å². The standard InChI is InChI=1S/C10H11IO3S/c11-9-3-1-2-4-10(9)14-8-5-6-15(12,13)7-8/h1-4,8H,5-7H2. The highest BCUT2D eigenvalue weighted by Crippen LogP contribution is 2.24. The minimum absolute atomic E-state index is 0.151. The monoisotopic (exact) mass is 338 g/mol. The molecule has 0 radical (unpaired) electrons. The van der Waals surface area contributed by atoms with E-state index in [-0.39, 0.29) is 17.6 Å². The van der Waals surface area contributed by atoms with Crippen molar-refractivity contribution < 1.29 is 13.2 Å². The van der Waals surface area contributed by atoms with Crippen LogP contribution in [0.3, 0.4) is 0 Å². The number of sulfone groups is 1. The number of hydrogen-bond acceptors (Lipinski definition) is 3. The maximum atomic E-state index is 11.2. The molecule has 0 amide bonds. The van der Waals surface area contributed by atoms with Gasteiger partial charge >= 0.3 is 0 Å². The van der Waals surface area contributed by atoms with E-state index < -0.39 is 9.84 Å². The molecule has 1 aliphatic rings. The average molecular weight is 338 g/mol. The largest absolute Gasteiger partial charge is 0.488 e. The zero-order chi connectivity index (χ0) is 10.9. The number of rotatable bonds is 2. The third kappa shape index (κ3) is 2.84. The molecule has 0 N–H and O–H groups in total. The molecular formula is C10H11IO3S. The number of ether oxygens (including phenoxy) is 1. The van der Waals surface area contributed by atoms with Crippen molar-refractivity contribution in [3.8, 4) is 5.75 Å². The van der Waals surface area contributed by atoms with Crippen molar-refractivity contribution in [3.05, 3.63) is 27.8 Å². The smallest absolute Gasteiger partial charge is 0.154 e. The SMILES string of the molecule is O=S1(=O)CCC(Oc2ccccc2I)C1. The van der Waals surface area contributed by atoms with Gasteiger partial charge in [-0.3, -0.25) is 0 Å². The van der Waals surface area contributed by atoms with Crippen LogP contribution in [0.4, 0.5) is 0 Å². The van der Waals surface area contributed by atoms with Gasteiger partial charge in [-0.05, 0) is 41.1 Å². The summed E-state index contributed by atoms with van der Waals surface area (Å²) in [5.41, 5.74) is 0. The Hall–Kier alpha value is -0.300. The first-order chi connectivity index (χ1) is 7.07. The summed E-state index contributed by atoms with van der Waals surface area (Å²) in [6, 6.07) is 7.63. The summed E-state index contributed by atoms with van der Waals surface area (Å²) in [7, 11) is -2.86. The van der Waals surface area contributed by atoms with Crippen molar-refractivity contribution in [3.63, 3.8) is 0 Å². The highest BCUT2D eigenvalue weighted by molar-refractivity contribution is 14.1. The average Bonchev–Trinajstić information content (AvgIpc) is 2.50. The van der Waals surface area contributed by atoms with E-state index in [0.717, 1.165) is 9.32 Å². The van der Waals surface area contributed by atoms with Gasteiger partial charge in [0.2, 0.25) is 0 Å². The molecule has 1 aliphatic heterocycles. The Morgan fingerprint density at radius 3 is 2.67 bits per heavy atom. The van der Waals surface area contributed by atoms with Crippen molar-refractivity contribution in [2.45, 2.75) is 12.5 Å². The Morgan fingerprint density at radius 1 is 1.33 bits per heavy atom. The predicted octanol–water partition coefficient (Wildman–Crippen LogP) is 1.86. The van der Waals surface area contributed by atoms with Gasteiger partial charge in [0, 0.05) is 0 Å². The first-order valence-electron chi connectivity index (χ1n) is 4.68. The van der Waals surface area contributed by atoms with Crippen LogP contribution in [0, 0.1) is 3.57 Å². The highest BCUT2D eigenvalue weighted by Gasteiger charge is 2.29. The Kier molecular flexibility index (Phi) is 3.20. The maximum absolute atomic E-state index is 11.2. The van der Waals surface area contributed by atoms with Crippen molar-refractivity contribution >= 4 is 32.4 Å². The van der Waals surface area contributed by atoms with Gasteiger partial charge in [-0.2, -0.15) is 0 Å². The molecule has 5 heteroatoms. The fourth-order valence-electron chi connectivity index (χ4n) is 1.57. The number of para-hydroxylation sites is 1. The molecule has 0 spiro atoms. The first kappa shape index (κ1) is 11.2. The van der Waals surface area contributed by atoms with Crippen molar-refractivity contribution in [2.75, 3.05) is 11.5 Å². The molecule has 0 saturated carbocycles. The molecule has 1 saturated heterocycles. The van der Waals surface area contributed by atoms with Crippen LogP contribution in [0.1, 0.15) is 6.42 Å². The molecule has 1 aromatic carbocycles. The van der Waals surface area contributed by atoms with E-state index in [1.165, 1.54) is 0 Å². The summed E-state index contributed by atoms with van der Waals surface area (Å²) in [4.78, 5) is 0. The molecule has 1 aromatic rings. The topological polar surface area (TPSA) is 43.4 Å². The summed E-state index contributed by atoms with van der Waals surface area (Å²) in [6.45, 7) is 0. The van der Waals surface area contributed by atoms with Gasteiger partial charge in [0.15, 0.2) is 9.84 Å². The minimum atomic E-state index is -2.86. The molecule has 3 nitrogen and oxygen atoms in total. The van der Waals surface area contributed by atoms with E-state index in [1.807, 2.05) is 24.3 Å². The number of benzene rings is 1. The Balaban J connectivity index is 2.08. The second-order valence-electron chi connectivity index (χ2n) is 3.57. The number of halogens is 1. The first-order valence-corrected chi connectivity index (χ1v) is 7.58. The maximum Gasteiger partial charge on any atom is 0.154 e. The van der Waals surface area contributed by atoms with Crippen LogP contribution in [0.25, 0.3) is 0 Å². The fourth-order valence-corrected chi connectivity index (χ4v) is 3.68. The van der Waals surface area contributed by atoms with Crippen molar-refractivity contribution in [1.29, 1.82) is 0 Å². The lowest BCUT2D eigenvalue weighted by atomic mass is 10.3. The molecule has 82 valence electrons. The van der Waals surface area contributed by atoms with E-state index in [9.17, 15) is 8.42 Å². The Morgan fingerprint density at radius 2 is 2.07 bits per heavy atom. The van der Waals surface area contributed by atoms with Gasteiger partial charge in [-0.25, -0.2) is 8.42 Å². The minimum Gasteiger partial charge on any atom is -0.488 e. The summed E-state index contributed by atoms with van der Waals surface area (Å²) >= 11 is 2.18. The highest BCUT2D eigenvalue weighted by atomic mass is 127. The van der Waals surface area contributed by atoms with E-state index in [1.54, 1.807) is 0 Å². The van der Waals surface area contributed by atoms with Gasteiger partial charge in [0.05, 0.1) is 15.1 Å². The van der Waals surface area contributed by atoms with E-state index in [2.05, 4.69) is 22.6 Å². The number of hydrogen-bond donors (Lipinski definition) is 0. The van der Waals surface area contributed by atoms with E-state index in [4.69, 9.17) is 4.74 Å². The lowest BCUT2D eigenvalue weighted by Crippen LogP contribution is -2.18. The van der Waals surface area contributed by atoms with E-state index in [0.29, 0.717) is 6.42 Å². The van der Waals surface area contributed by atoms with Crippen molar-refractivity contribution in [2.24, 2.45) is 0 Å². The molecule has 0 bridgehead atoms. The van der Waals surface area contributed by atoms with Gasteiger partial charge < -0.3 is 4.74 Å². The zero-order valence-corrected chi connectivity index (χ0v) is 11.0. The second-order valence-corrected chi connectivity index (χ2v) is 6.96. The van der Waals surface area contributed by atoms with Crippen LogP contribution < -0.4 is 4.74 Å². The van der Waals surface area contributed by atoms with Gasteiger partial charge in [0.25, 0.3) is 0 Å². The lowest BCUT2D eigenvalue weighted by molar-refractivity contribution is 0.227.